The molecule has 1 N–H and O–H groups in total. The third-order valence-electron chi connectivity index (χ3n) is 3.47. The molecule has 1 saturated heterocycles. The predicted molar refractivity (Wildman–Crippen MR) is 69.1 cm³/mol. The molecule has 1 aliphatic rings. The minimum Gasteiger partial charge on any atom is -0.357 e. The molecule has 0 unspecified atom stereocenters. The van der Waals surface area contributed by atoms with E-state index in [1.54, 1.807) is 0 Å². The molecule has 86 valence electrons. The Balaban J connectivity index is 2.12. The summed E-state index contributed by atoms with van der Waals surface area (Å²) in [7, 11) is 0. The van der Waals surface area contributed by atoms with Gasteiger partial charge in [-0.15, -0.1) is 0 Å². The maximum atomic E-state index is 9.34. The molecular weight excluding hydrogens is 210 g/mol. The van der Waals surface area contributed by atoms with Gasteiger partial charge in [0.25, 0.3) is 0 Å². The maximum absolute atomic E-state index is 9.34. The van der Waals surface area contributed by atoms with Crippen LogP contribution in [0.3, 0.4) is 0 Å². The highest BCUT2D eigenvalue weighted by molar-refractivity contribution is 5.91. The standard InChI is InChI=1S/C14H15N3/c15-10-12-11-6-2-3-7-13(11)16-14(12)17-8-4-1-5-9-17/h2-3,6-7,16H,1,4-5,8-9H2. The molecule has 1 aromatic heterocycles. The van der Waals surface area contributed by atoms with Crippen molar-refractivity contribution in [1.29, 1.82) is 5.26 Å². The van der Waals surface area contributed by atoms with Crippen molar-refractivity contribution in [2.24, 2.45) is 0 Å². The fraction of sp³-hybridized carbons (Fsp3) is 0.357. The number of rotatable bonds is 1. The van der Waals surface area contributed by atoms with E-state index in [0.29, 0.717) is 0 Å². The summed E-state index contributed by atoms with van der Waals surface area (Å²) in [5, 5.41) is 10.4. The van der Waals surface area contributed by atoms with Gasteiger partial charge in [0.2, 0.25) is 0 Å². The number of aromatic nitrogens is 1. The van der Waals surface area contributed by atoms with Gasteiger partial charge in [-0.3, -0.25) is 0 Å². The first kappa shape index (κ1) is 10.2. The zero-order valence-electron chi connectivity index (χ0n) is 9.74. The van der Waals surface area contributed by atoms with Crippen molar-refractivity contribution in [2.45, 2.75) is 19.3 Å². The highest BCUT2D eigenvalue weighted by atomic mass is 15.2. The number of hydrogen-bond donors (Lipinski definition) is 1. The highest BCUT2D eigenvalue weighted by Crippen LogP contribution is 2.29. The molecule has 1 aromatic carbocycles. The zero-order chi connectivity index (χ0) is 11.7. The lowest BCUT2D eigenvalue weighted by molar-refractivity contribution is 0.574. The van der Waals surface area contributed by atoms with Crippen LogP contribution in [0, 0.1) is 11.3 Å². The Morgan fingerprint density at radius 3 is 2.65 bits per heavy atom. The number of fused-ring (bicyclic) bond motifs is 1. The molecule has 0 saturated carbocycles. The fourth-order valence-electron chi connectivity index (χ4n) is 2.60. The number of piperidine rings is 1. The lowest BCUT2D eigenvalue weighted by Gasteiger charge is -2.27. The molecule has 3 rings (SSSR count). The van der Waals surface area contributed by atoms with Gasteiger partial charge in [-0.25, -0.2) is 0 Å². The quantitative estimate of drug-likeness (QED) is 0.810. The van der Waals surface area contributed by atoms with Crippen molar-refractivity contribution in [3.63, 3.8) is 0 Å². The second-order valence-electron chi connectivity index (χ2n) is 4.55. The Hall–Kier alpha value is -1.95. The maximum Gasteiger partial charge on any atom is 0.125 e. The summed E-state index contributed by atoms with van der Waals surface area (Å²) < 4.78 is 0. The number of H-pyrrole nitrogens is 1. The Morgan fingerprint density at radius 1 is 1.12 bits per heavy atom. The van der Waals surface area contributed by atoms with Gasteiger partial charge in [0.15, 0.2) is 0 Å². The number of benzene rings is 1. The molecule has 0 atom stereocenters. The van der Waals surface area contributed by atoms with Gasteiger partial charge in [0.1, 0.15) is 17.5 Å². The smallest absolute Gasteiger partial charge is 0.125 e. The van der Waals surface area contributed by atoms with Crippen LogP contribution in [0.1, 0.15) is 24.8 Å². The lowest BCUT2D eigenvalue weighted by atomic mass is 10.1. The van der Waals surface area contributed by atoms with Crippen molar-refractivity contribution in [2.75, 3.05) is 18.0 Å². The van der Waals surface area contributed by atoms with E-state index in [-0.39, 0.29) is 0 Å². The molecule has 0 radical (unpaired) electrons. The van der Waals surface area contributed by atoms with E-state index in [1.807, 2.05) is 24.3 Å². The van der Waals surface area contributed by atoms with E-state index in [0.717, 1.165) is 35.4 Å². The number of para-hydroxylation sites is 1. The normalized spacial score (nSPS) is 16.1. The molecule has 0 aliphatic carbocycles. The molecule has 3 heteroatoms. The first-order chi connectivity index (χ1) is 8.40. The molecule has 0 bridgehead atoms. The van der Waals surface area contributed by atoms with Crippen molar-refractivity contribution < 1.29 is 0 Å². The Bertz CT molecular complexity index is 571. The van der Waals surface area contributed by atoms with Gasteiger partial charge in [-0.05, 0) is 25.3 Å². The SMILES string of the molecule is N#Cc1c(N2CCCCC2)[nH]c2ccccc12. The summed E-state index contributed by atoms with van der Waals surface area (Å²) in [4.78, 5) is 5.70. The second kappa shape index (κ2) is 4.14. The Labute approximate surface area is 101 Å². The first-order valence-electron chi connectivity index (χ1n) is 6.16. The minimum absolute atomic E-state index is 0.794. The summed E-state index contributed by atoms with van der Waals surface area (Å²) in [6.45, 7) is 2.11. The van der Waals surface area contributed by atoms with E-state index in [2.05, 4.69) is 16.0 Å². The van der Waals surface area contributed by atoms with Crippen LogP contribution in [0.5, 0.6) is 0 Å². The van der Waals surface area contributed by atoms with Crippen molar-refractivity contribution in [1.82, 2.24) is 4.98 Å². The minimum atomic E-state index is 0.794. The lowest BCUT2D eigenvalue weighted by Crippen LogP contribution is -2.30. The number of nitriles is 1. The highest BCUT2D eigenvalue weighted by Gasteiger charge is 2.18. The van der Waals surface area contributed by atoms with Crippen LogP contribution in [-0.4, -0.2) is 18.1 Å². The second-order valence-corrected chi connectivity index (χ2v) is 4.55. The molecule has 1 aliphatic heterocycles. The van der Waals surface area contributed by atoms with Gasteiger partial charge >= 0.3 is 0 Å². The van der Waals surface area contributed by atoms with Crippen molar-refractivity contribution in [3.8, 4) is 6.07 Å². The summed E-state index contributed by atoms with van der Waals surface area (Å²) >= 11 is 0. The van der Waals surface area contributed by atoms with Gasteiger partial charge in [-0.2, -0.15) is 5.26 Å². The largest absolute Gasteiger partial charge is 0.357 e. The molecule has 3 nitrogen and oxygen atoms in total. The van der Waals surface area contributed by atoms with Crippen LogP contribution in [0.2, 0.25) is 0 Å². The van der Waals surface area contributed by atoms with E-state index in [4.69, 9.17) is 0 Å². The van der Waals surface area contributed by atoms with Gasteiger partial charge in [-0.1, -0.05) is 18.2 Å². The van der Waals surface area contributed by atoms with Crippen molar-refractivity contribution >= 4 is 16.7 Å². The molecule has 17 heavy (non-hydrogen) atoms. The van der Waals surface area contributed by atoms with Gasteiger partial charge in [0, 0.05) is 24.0 Å². The van der Waals surface area contributed by atoms with Crippen molar-refractivity contribution in [3.05, 3.63) is 29.8 Å². The van der Waals surface area contributed by atoms with E-state index in [1.165, 1.54) is 19.3 Å². The fourth-order valence-corrected chi connectivity index (χ4v) is 2.60. The van der Waals surface area contributed by atoms with E-state index in [9.17, 15) is 5.26 Å². The predicted octanol–water partition coefficient (Wildman–Crippen LogP) is 3.03. The summed E-state index contributed by atoms with van der Waals surface area (Å²) in [6, 6.07) is 10.4. The molecule has 2 heterocycles. The number of aromatic amines is 1. The van der Waals surface area contributed by atoms with Gasteiger partial charge in [0.05, 0.1) is 0 Å². The number of hydrogen-bond acceptors (Lipinski definition) is 2. The number of nitrogens with one attached hydrogen (secondary N) is 1. The summed E-state index contributed by atoms with van der Waals surface area (Å²) in [5.74, 6) is 1.01. The van der Waals surface area contributed by atoms with Crippen LogP contribution in [-0.2, 0) is 0 Å². The van der Waals surface area contributed by atoms with Crippen LogP contribution in [0.15, 0.2) is 24.3 Å². The Kier molecular flexibility index (Phi) is 2.49. The van der Waals surface area contributed by atoms with Gasteiger partial charge < -0.3 is 9.88 Å². The topological polar surface area (TPSA) is 42.8 Å². The average Bonchev–Trinajstić information content (AvgIpc) is 2.78. The molecule has 2 aromatic rings. The molecular formula is C14H15N3. The van der Waals surface area contributed by atoms with Crippen LogP contribution < -0.4 is 4.90 Å². The number of nitrogens with zero attached hydrogens (tertiary/aromatic N) is 2. The third-order valence-corrected chi connectivity index (χ3v) is 3.47. The molecule has 0 amide bonds. The summed E-state index contributed by atoms with van der Waals surface area (Å²) in [6.07, 6.45) is 3.75. The van der Waals surface area contributed by atoms with Crippen LogP contribution in [0.25, 0.3) is 10.9 Å². The molecule has 0 spiro atoms. The first-order valence-corrected chi connectivity index (χ1v) is 6.16. The van der Waals surface area contributed by atoms with E-state index >= 15 is 0 Å². The summed E-state index contributed by atoms with van der Waals surface area (Å²) in [5.41, 5.74) is 1.85. The van der Waals surface area contributed by atoms with Crippen LogP contribution in [0.4, 0.5) is 5.82 Å². The van der Waals surface area contributed by atoms with E-state index < -0.39 is 0 Å². The number of anilines is 1. The zero-order valence-corrected chi connectivity index (χ0v) is 9.74. The monoisotopic (exact) mass is 225 g/mol. The molecule has 1 fully saturated rings. The van der Waals surface area contributed by atoms with Crippen LogP contribution >= 0.6 is 0 Å². The average molecular weight is 225 g/mol. The third kappa shape index (κ3) is 1.66. The Morgan fingerprint density at radius 2 is 1.88 bits per heavy atom.